The molecule has 0 saturated heterocycles. The monoisotopic (exact) mass is 241 g/mol. The molecule has 2 rings (SSSR count). The van der Waals surface area contributed by atoms with Crippen LogP contribution in [-0.2, 0) is 6.42 Å². The lowest BCUT2D eigenvalue weighted by Crippen LogP contribution is -2.35. The quantitative estimate of drug-likeness (QED) is 0.850. The Morgan fingerprint density at radius 2 is 2.47 bits per heavy atom. The van der Waals surface area contributed by atoms with Crippen molar-refractivity contribution in [1.82, 2.24) is 5.32 Å². The lowest BCUT2D eigenvalue weighted by Gasteiger charge is -2.18. The summed E-state index contributed by atoms with van der Waals surface area (Å²) in [6.07, 6.45) is 7.61. The van der Waals surface area contributed by atoms with Gasteiger partial charge in [-0.15, -0.1) is 11.3 Å². The lowest BCUT2D eigenvalue weighted by atomic mass is 10.2. The highest BCUT2D eigenvalue weighted by Crippen LogP contribution is 2.28. The lowest BCUT2D eigenvalue weighted by molar-refractivity contribution is 0.537. The van der Waals surface area contributed by atoms with Crippen LogP contribution in [0.4, 0.5) is 0 Å². The molecular formula is C12H19NS2. The predicted octanol–water partition coefficient (Wildman–Crippen LogP) is 3.16. The summed E-state index contributed by atoms with van der Waals surface area (Å²) in [5, 5.41) is 6.72. The zero-order chi connectivity index (χ0) is 10.5. The maximum atomic E-state index is 3.71. The van der Waals surface area contributed by atoms with Gasteiger partial charge in [-0.05, 0) is 37.0 Å². The molecule has 0 aromatic carbocycles. The largest absolute Gasteiger partial charge is 0.313 e. The molecule has 3 heteroatoms. The van der Waals surface area contributed by atoms with Gasteiger partial charge in [-0.1, -0.05) is 12.5 Å². The SMILES string of the molecule is CSC1CCCC1NCCc1cccs1. The summed E-state index contributed by atoms with van der Waals surface area (Å²) in [4.78, 5) is 1.50. The Bertz CT molecular complexity index is 271. The van der Waals surface area contributed by atoms with Gasteiger partial charge in [0.1, 0.15) is 0 Å². The molecule has 84 valence electrons. The summed E-state index contributed by atoms with van der Waals surface area (Å²) in [6, 6.07) is 5.13. The van der Waals surface area contributed by atoms with Crippen LogP contribution in [0.15, 0.2) is 17.5 Å². The molecule has 1 saturated carbocycles. The predicted molar refractivity (Wildman–Crippen MR) is 71.0 cm³/mol. The van der Waals surface area contributed by atoms with E-state index in [2.05, 4.69) is 29.1 Å². The van der Waals surface area contributed by atoms with Gasteiger partial charge in [-0.25, -0.2) is 0 Å². The van der Waals surface area contributed by atoms with E-state index in [4.69, 9.17) is 0 Å². The number of rotatable bonds is 5. The van der Waals surface area contributed by atoms with Crippen molar-refractivity contribution < 1.29 is 0 Å². The summed E-state index contributed by atoms with van der Waals surface area (Å²) >= 11 is 3.90. The topological polar surface area (TPSA) is 12.0 Å². The zero-order valence-electron chi connectivity index (χ0n) is 9.24. The Balaban J connectivity index is 1.69. The first-order chi connectivity index (χ1) is 7.40. The second-order valence-corrected chi connectivity index (χ2v) is 6.20. The smallest absolute Gasteiger partial charge is 0.0198 e. The van der Waals surface area contributed by atoms with Crippen molar-refractivity contribution in [2.45, 2.75) is 37.0 Å². The Morgan fingerprint density at radius 3 is 3.20 bits per heavy atom. The molecule has 1 fully saturated rings. The van der Waals surface area contributed by atoms with Crippen LogP contribution in [0.25, 0.3) is 0 Å². The first kappa shape index (κ1) is 11.5. The van der Waals surface area contributed by atoms with Gasteiger partial charge in [-0.2, -0.15) is 11.8 Å². The highest BCUT2D eigenvalue weighted by Gasteiger charge is 2.25. The molecule has 1 aromatic heterocycles. The fourth-order valence-corrected chi connectivity index (χ4v) is 3.95. The third-order valence-corrected chi connectivity index (χ3v) is 5.22. The molecular weight excluding hydrogens is 222 g/mol. The van der Waals surface area contributed by atoms with E-state index in [9.17, 15) is 0 Å². The molecule has 0 spiro atoms. The van der Waals surface area contributed by atoms with Crippen molar-refractivity contribution in [1.29, 1.82) is 0 Å². The number of nitrogens with one attached hydrogen (secondary N) is 1. The van der Waals surface area contributed by atoms with Crippen LogP contribution in [0.5, 0.6) is 0 Å². The van der Waals surface area contributed by atoms with Crippen LogP contribution >= 0.6 is 23.1 Å². The second-order valence-electron chi connectivity index (χ2n) is 4.10. The first-order valence-corrected chi connectivity index (χ1v) is 7.85. The van der Waals surface area contributed by atoms with Crippen molar-refractivity contribution in [3.05, 3.63) is 22.4 Å². The number of thioether (sulfide) groups is 1. The van der Waals surface area contributed by atoms with Gasteiger partial charge in [0.25, 0.3) is 0 Å². The molecule has 2 unspecified atom stereocenters. The molecule has 1 aliphatic rings. The fourth-order valence-electron chi connectivity index (χ4n) is 2.28. The van der Waals surface area contributed by atoms with Crippen molar-refractivity contribution in [3.63, 3.8) is 0 Å². The molecule has 1 heterocycles. The van der Waals surface area contributed by atoms with Crippen molar-refractivity contribution in [2.24, 2.45) is 0 Å². The zero-order valence-corrected chi connectivity index (χ0v) is 10.9. The fraction of sp³-hybridized carbons (Fsp3) is 0.667. The minimum atomic E-state index is 0.764. The Hall–Kier alpha value is 0.01000. The van der Waals surface area contributed by atoms with Crippen molar-refractivity contribution in [2.75, 3.05) is 12.8 Å². The van der Waals surface area contributed by atoms with E-state index in [0.717, 1.165) is 17.8 Å². The van der Waals surface area contributed by atoms with E-state index in [1.807, 2.05) is 23.1 Å². The Kier molecular flexibility index (Phi) is 4.54. The Labute approximate surface area is 101 Å². The standard InChI is InChI=1S/C12H19NS2/c1-14-12-6-2-5-11(12)13-8-7-10-4-3-9-15-10/h3-4,9,11-13H,2,5-8H2,1H3. The normalized spacial score (nSPS) is 25.9. The van der Waals surface area contributed by atoms with Gasteiger partial charge in [-0.3, -0.25) is 0 Å². The maximum absolute atomic E-state index is 3.71. The van der Waals surface area contributed by atoms with Gasteiger partial charge < -0.3 is 5.32 Å². The Morgan fingerprint density at radius 1 is 1.53 bits per heavy atom. The van der Waals surface area contributed by atoms with Crippen molar-refractivity contribution in [3.8, 4) is 0 Å². The minimum Gasteiger partial charge on any atom is -0.313 e. The highest BCUT2D eigenvalue weighted by atomic mass is 32.2. The first-order valence-electron chi connectivity index (χ1n) is 5.68. The van der Waals surface area contributed by atoms with Crippen LogP contribution in [0.3, 0.4) is 0 Å². The average Bonchev–Trinajstić information content (AvgIpc) is 2.88. The maximum Gasteiger partial charge on any atom is 0.0198 e. The van der Waals surface area contributed by atoms with E-state index in [1.165, 1.54) is 30.6 Å². The molecule has 1 aromatic rings. The van der Waals surface area contributed by atoms with Gasteiger partial charge >= 0.3 is 0 Å². The summed E-state index contributed by atoms with van der Waals surface area (Å²) in [5.74, 6) is 0. The molecule has 0 amide bonds. The molecule has 1 aliphatic carbocycles. The van der Waals surface area contributed by atoms with Gasteiger partial charge in [0.2, 0.25) is 0 Å². The molecule has 1 nitrogen and oxygen atoms in total. The van der Waals surface area contributed by atoms with Crippen LogP contribution in [0, 0.1) is 0 Å². The third-order valence-electron chi connectivity index (χ3n) is 3.11. The average molecular weight is 241 g/mol. The highest BCUT2D eigenvalue weighted by molar-refractivity contribution is 7.99. The molecule has 15 heavy (non-hydrogen) atoms. The van der Waals surface area contributed by atoms with Crippen LogP contribution in [0.2, 0.25) is 0 Å². The summed E-state index contributed by atoms with van der Waals surface area (Å²) in [7, 11) is 0. The van der Waals surface area contributed by atoms with E-state index >= 15 is 0 Å². The summed E-state index contributed by atoms with van der Waals surface area (Å²) < 4.78 is 0. The second kappa shape index (κ2) is 5.92. The van der Waals surface area contributed by atoms with Crippen LogP contribution in [-0.4, -0.2) is 24.1 Å². The van der Waals surface area contributed by atoms with Gasteiger partial charge in [0.15, 0.2) is 0 Å². The molecule has 0 bridgehead atoms. The number of thiophene rings is 1. The minimum absolute atomic E-state index is 0.764. The molecule has 1 N–H and O–H groups in total. The van der Waals surface area contributed by atoms with E-state index < -0.39 is 0 Å². The molecule has 0 aliphatic heterocycles. The number of hydrogen-bond acceptors (Lipinski definition) is 3. The summed E-state index contributed by atoms with van der Waals surface area (Å²) in [6.45, 7) is 1.14. The van der Waals surface area contributed by atoms with Crippen molar-refractivity contribution >= 4 is 23.1 Å². The summed E-state index contributed by atoms with van der Waals surface area (Å²) in [5.41, 5.74) is 0. The molecule has 2 atom stereocenters. The third kappa shape index (κ3) is 3.23. The van der Waals surface area contributed by atoms with Gasteiger partial charge in [0.05, 0.1) is 0 Å². The van der Waals surface area contributed by atoms with Gasteiger partial charge in [0, 0.05) is 22.7 Å². The number of hydrogen-bond donors (Lipinski definition) is 1. The van der Waals surface area contributed by atoms with E-state index in [-0.39, 0.29) is 0 Å². The van der Waals surface area contributed by atoms with E-state index in [0.29, 0.717) is 0 Å². The van der Waals surface area contributed by atoms with Crippen LogP contribution in [0.1, 0.15) is 24.1 Å². The van der Waals surface area contributed by atoms with E-state index in [1.54, 1.807) is 0 Å². The van der Waals surface area contributed by atoms with Crippen LogP contribution < -0.4 is 5.32 Å². The molecule has 0 radical (unpaired) electrons.